The third-order valence-electron chi connectivity index (χ3n) is 4.82. The zero-order valence-electron chi connectivity index (χ0n) is 17.6. The molecule has 6 nitrogen and oxygen atoms in total. The first kappa shape index (κ1) is 23.7. The fraction of sp³-hybridized carbons (Fsp3) is 0.261. The lowest BCUT2D eigenvalue weighted by Crippen LogP contribution is -2.33. The number of ether oxygens (including phenoxy) is 1. The van der Waals surface area contributed by atoms with Crippen molar-refractivity contribution in [1.82, 2.24) is 14.5 Å². The van der Waals surface area contributed by atoms with Gasteiger partial charge in [-0.1, -0.05) is 23.5 Å². The van der Waals surface area contributed by atoms with Crippen LogP contribution < -0.4 is 9.64 Å². The predicted molar refractivity (Wildman–Crippen MR) is 127 cm³/mol. The maximum Gasteiger partial charge on any atom is 0.233 e. The van der Waals surface area contributed by atoms with Gasteiger partial charge < -0.3 is 9.30 Å². The predicted octanol–water partition coefficient (Wildman–Crippen LogP) is 5.12. The van der Waals surface area contributed by atoms with Gasteiger partial charge in [-0.2, -0.15) is 0 Å². The summed E-state index contributed by atoms with van der Waals surface area (Å²) in [5.74, 6) is 0.403. The third-order valence-corrected chi connectivity index (χ3v) is 5.86. The summed E-state index contributed by atoms with van der Waals surface area (Å²) in [6, 6.07) is 11.8. The van der Waals surface area contributed by atoms with Gasteiger partial charge in [0.05, 0.1) is 29.6 Å². The molecule has 2 aromatic carbocycles. The number of hydrogen-bond acceptors (Lipinski definition) is 5. The Labute approximate surface area is 196 Å². The van der Waals surface area contributed by atoms with Gasteiger partial charge in [0, 0.05) is 25.5 Å². The van der Waals surface area contributed by atoms with E-state index in [9.17, 15) is 9.18 Å². The second-order valence-electron chi connectivity index (χ2n) is 7.06. The van der Waals surface area contributed by atoms with Crippen LogP contribution in [0.1, 0.15) is 18.9 Å². The number of hydrogen-bond donors (Lipinski definition) is 0. The summed E-state index contributed by atoms with van der Waals surface area (Å²) < 4.78 is 21.8. The Hall–Kier alpha value is -2.97. The first-order chi connectivity index (χ1) is 15.1. The van der Waals surface area contributed by atoms with Gasteiger partial charge in [0.2, 0.25) is 5.91 Å². The molecule has 0 radical (unpaired) electrons. The van der Waals surface area contributed by atoms with E-state index in [1.54, 1.807) is 29.6 Å². The SMILES string of the molecule is CCOc1ccc2nc(N(CCCn3ccnc3)C(=O)Cc3ccc(F)cc3)sc2c1.Cl. The van der Waals surface area contributed by atoms with Crippen LogP contribution >= 0.6 is 23.7 Å². The highest BCUT2D eigenvalue weighted by molar-refractivity contribution is 7.22. The average molecular weight is 475 g/mol. The largest absolute Gasteiger partial charge is 0.494 e. The molecule has 0 fully saturated rings. The lowest BCUT2D eigenvalue weighted by atomic mass is 10.1. The van der Waals surface area contributed by atoms with Crippen molar-refractivity contribution in [2.24, 2.45) is 0 Å². The molecule has 168 valence electrons. The molecule has 0 N–H and O–H groups in total. The molecule has 1 amide bonds. The molecule has 0 unspecified atom stereocenters. The average Bonchev–Trinajstić information content (AvgIpc) is 3.42. The van der Waals surface area contributed by atoms with Gasteiger partial charge in [-0.15, -0.1) is 12.4 Å². The Morgan fingerprint density at radius 1 is 1.22 bits per heavy atom. The highest BCUT2D eigenvalue weighted by Gasteiger charge is 2.20. The number of carbonyl (C=O) groups is 1. The standard InChI is InChI=1S/C23H23FN4O2S.ClH/c1-2-30-19-8-9-20-21(15-19)31-23(26-20)28(12-3-11-27-13-10-25-16-27)22(29)14-17-4-6-18(24)7-5-17;/h4-10,13,15-16H,2-3,11-12,14H2,1H3;1H. The Morgan fingerprint density at radius 3 is 2.75 bits per heavy atom. The number of rotatable bonds is 9. The number of amides is 1. The minimum Gasteiger partial charge on any atom is -0.494 e. The maximum absolute atomic E-state index is 13.2. The summed E-state index contributed by atoms with van der Waals surface area (Å²) in [4.78, 5) is 23.7. The number of benzene rings is 2. The van der Waals surface area contributed by atoms with Gasteiger partial charge >= 0.3 is 0 Å². The van der Waals surface area contributed by atoms with E-state index >= 15 is 0 Å². The molecule has 32 heavy (non-hydrogen) atoms. The molecule has 2 heterocycles. The molecule has 0 saturated heterocycles. The normalized spacial score (nSPS) is 10.7. The van der Waals surface area contributed by atoms with Crippen molar-refractivity contribution in [3.8, 4) is 5.75 Å². The molecule has 0 bridgehead atoms. The first-order valence-corrected chi connectivity index (χ1v) is 11.0. The molecule has 4 rings (SSSR count). The van der Waals surface area contributed by atoms with Crippen LogP contribution in [0.2, 0.25) is 0 Å². The molecular formula is C23H24ClFN4O2S. The fourth-order valence-corrected chi connectivity index (χ4v) is 4.33. The lowest BCUT2D eigenvalue weighted by Gasteiger charge is -2.20. The van der Waals surface area contributed by atoms with Crippen molar-refractivity contribution in [3.05, 3.63) is 72.6 Å². The molecule has 9 heteroatoms. The molecule has 0 aliphatic heterocycles. The van der Waals surface area contributed by atoms with Crippen molar-refractivity contribution in [1.29, 1.82) is 0 Å². The van der Waals surface area contributed by atoms with E-state index in [2.05, 4.69) is 4.98 Å². The van der Waals surface area contributed by atoms with Crippen molar-refractivity contribution in [3.63, 3.8) is 0 Å². The molecule has 2 aromatic heterocycles. The van der Waals surface area contributed by atoms with Gasteiger partial charge in [0.1, 0.15) is 11.6 Å². The molecule has 0 spiro atoms. The number of thiazole rings is 1. The van der Waals surface area contributed by atoms with E-state index in [1.807, 2.05) is 35.9 Å². The van der Waals surface area contributed by atoms with E-state index in [4.69, 9.17) is 9.72 Å². The number of halogens is 2. The summed E-state index contributed by atoms with van der Waals surface area (Å²) in [6.45, 7) is 3.81. The zero-order chi connectivity index (χ0) is 21.6. The quantitative estimate of drug-likeness (QED) is 0.338. The summed E-state index contributed by atoms with van der Waals surface area (Å²) >= 11 is 1.47. The summed E-state index contributed by atoms with van der Waals surface area (Å²) in [7, 11) is 0. The van der Waals surface area contributed by atoms with Gasteiger partial charge in [-0.3, -0.25) is 9.69 Å². The molecule has 0 saturated carbocycles. The van der Waals surface area contributed by atoms with Crippen LogP contribution in [0, 0.1) is 5.82 Å². The molecule has 4 aromatic rings. The number of aryl methyl sites for hydroxylation is 1. The number of fused-ring (bicyclic) bond motifs is 1. The van der Waals surface area contributed by atoms with Crippen LogP contribution in [0.15, 0.2) is 61.2 Å². The summed E-state index contributed by atoms with van der Waals surface area (Å²) in [5.41, 5.74) is 1.60. The van der Waals surface area contributed by atoms with Crippen molar-refractivity contribution >= 4 is 45.0 Å². The maximum atomic E-state index is 13.2. The highest BCUT2D eigenvalue weighted by Crippen LogP contribution is 2.32. The zero-order valence-corrected chi connectivity index (χ0v) is 19.2. The second-order valence-corrected chi connectivity index (χ2v) is 8.07. The van der Waals surface area contributed by atoms with E-state index in [0.717, 1.165) is 34.5 Å². The van der Waals surface area contributed by atoms with Crippen LogP contribution in [0.3, 0.4) is 0 Å². The topological polar surface area (TPSA) is 60.2 Å². The number of carbonyl (C=O) groups excluding carboxylic acids is 1. The van der Waals surface area contributed by atoms with Crippen LogP contribution in [0.4, 0.5) is 9.52 Å². The van der Waals surface area contributed by atoms with E-state index in [0.29, 0.717) is 18.3 Å². The minimum atomic E-state index is -0.315. The third kappa shape index (κ3) is 5.83. The van der Waals surface area contributed by atoms with Crippen LogP contribution in [-0.2, 0) is 17.8 Å². The van der Waals surface area contributed by atoms with Crippen LogP contribution in [0.5, 0.6) is 5.75 Å². The molecule has 0 atom stereocenters. The Kier molecular flexibility index (Phi) is 8.19. The number of anilines is 1. The molecule has 0 aliphatic rings. The van der Waals surface area contributed by atoms with E-state index in [-0.39, 0.29) is 30.6 Å². The number of imidazole rings is 1. The van der Waals surface area contributed by atoms with E-state index in [1.165, 1.54) is 23.5 Å². The van der Waals surface area contributed by atoms with Gasteiger partial charge in [0.15, 0.2) is 5.13 Å². The second kappa shape index (κ2) is 11.1. The Morgan fingerprint density at radius 2 is 2.03 bits per heavy atom. The minimum absolute atomic E-state index is 0. The Balaban J connectivity index is 0.00000289. The lowest BCUT2D eigenvalue weighted by molar-refractivity contribution is -0.118. The van der Waals surface area contributed by atoms with Crippen LogP contribution in [-0.4, -0.2) is 33.6 Å². The van der Waals surface area contributed by atoms with Gasteiger partial charge in [-0.25, -0.2) is 14.4 Å². The molecule has 0 aliphatic carbocycles. The van der Waals surface area contributed by atoms with Crippen LogP contribution in [0.25, 0.3) is 10.2 Å². The number of nitrogens with zero attached hydrogens (tertiary/aromatic N) is 4. The molecular weight excluding hydrogens is 451 g/mol. The summed E-state index contributed by atoms with van der Waals surface area (Å²) in [5, 5.41) is 0.654. The van der Waals surface area contributed by atoms with Crippen molar-refractivity contribution in [2.75, 3.05) is 18.1 Å². The highest BCUT2D eigenvalue weighted by atomic mass is 35.5. The van der Waals surface area contributed by atoms with Gasteiger partial charge in [-0.05, 0) is 49.2 Å². The van der Waals surface area contributed by atoms with Crippen molar-refractivity contribution in [2.45, 2.75) is 26.3 Å². The first-order valence-electron chi connectivity index (χ1n) is 10.2. The fourth-order valence-electron chi connectivity index (χ4n) is 3.29. The van der Waals surface area contributed by atoms with Crippen molar-refractivity contribution < 1.29 is 13.9 Å². The number of aromatic nitrogens is 3. The smallest absolute Gasteiger partial charge is 0.233 e. The van der Waals surface area contributed by atoms with E-state index < -0.39 is 0 Å². The monoisotopic (exact) mass is 474 g/mol. The van der Waals surface area contributed by atoms with Gasteiger partial charge in [0.25, 0.3) is 0 Å². The Bertz CT molecular complexity index is 1150. The summed E-state index contributed by atoms with van der Waals surface area (Å²) in [6.07, 6.45) is 6.34.